The van der Waals surface area contributed by atoms with Crippen LogP contribution in [0.3, 0.4) is 0 Å². The number of hydrogen-bond acceptors (Lipinski definition) is 5. The number of thiazole rings is 1. The molecular formula is C29H35N3O2S. The van der Waals surface area contributed by atoms with Gasteiger partial charge in [0, 0.05) is 30.6 Å². The van der Waals surface area contributed by atoms with Gasteiger partial charge in [-0.2, -0.15) is 0 Å². The summed E-state index contributed by atoms with van der Waals surface area (Å²) in [5.74, 6) is 0.989. The number of fused-ring (bicyclic) bond motifs is 2. The van der Waals surface area contributed by atoms with Crippen molar-refractivity contribution in [3.05, 3.63) is 80.8 Å². The fourth-order valence-corrected chi connectivity index (χ4v) is 6.95. The molecule has 5 rings (SSSR count). The van der Waals surface area contributed by atoms with Gasteiger partial charge < -0.3 is 10.1 Å². The average Bonchev–Trinajstić information content (AvgIpc) is 3.43. The van der Waals surface area contributed by atoms with E-state index >= 15 is 0 Å². The molecule has 0 aliphatic carbocycles. The predicted molar refractivity (Wildman–Crippen MR) is 141 cm³/mol. The van der Waals surface area contributed by atoms with Crippen LogP contribution in [0.5, 0.6) is 5.75 Å². The van der Waals surface area contributed by atoms with Crippen LogP contribution in [0.2, 0.25) is 0 Å². The van der Waals surface area contributed by atoms with Crippen LogP contribution < -0.4 is 10.1 Å². The van der Waals surface area contributed by atoms with Gasteiger partial charge in [0.05, 0.1) is 18.3 Å². The van der Waals surface area contributed by atoms with Crippen molar-refractivity contribution in [1.82, 2.24) is 15.2 Å². The van der Waals surface area contributed by atoms with Gasteiger partial charge in [0.2, 0.25) is 0 Å². The maximum atomic E-state index is 13.2. The Kier molecular flexibility index (Phi) is 6.94. The van der Waals surface area contributed by atoms with E-state index in [1.54, 1.807) is 12.6 Å². The number of carbonyl (C=O) groups is 1. The molecular weight excluding hydrogens is 454 g/mol. The first-order chi connectivity index (χ1) is 17.0. The van der Waals surface area contributed by atoms with Gasteiger partial charge >= 0.3 is 0 Å². The maximum absolute atomic E-state index is 13.2. The number of ether oxygens (including phenoxy) is 1. The SMILES string of the molecule is COc1ccc(C(C)N2C3CCC2CC(NC(=O)c2scnc2Cc2ccccc2)C3)c(C)c1C. The van der Waals surface area contributed by atoms with E-state index < -0.39 is 0 Å². The topological polar surface area (TPSA) is 54.5 Å². The number of amides is 1. The van der Waals surface area contributed by atoms with Crippen molar-refractivity contribution in [3.8, 4) is 5.75 Å². The van der Waals surface area contributed by atoms with Crippen molar-refractivity contribution in [1.29, 1.82) is 0 Å². The number of rotatable bonds is 7. The Labute approximate surface area is 212 Å². The van der Waals surface area contributed by atoms with Crippen LogP contribution in [-0.2, 0) is 6.42 Å². The van der Waals surface area contributed by atoms with Gasteiger partial charge in [-0.05, 0) is 74.8 Å². The van der Waals surface area contributed by atoms with Crippen molar-refractivity contribution in [2.75, 3.05) is 7.11 Å². The summed E-state index contributed by atoms with van der Waals surface area (Å²) in [5, 5.41) is 3.37. The van der Waals surface area contributed by atoms with Crippen molar-refractivity contribution in [2.24, 2.45) is 0 Å². The van der Waals surface area contributed by atoms with E-state index in [4.69, 9.17) is 4.74 Å². The molecule has 3 unspecified atom stereocenters. The summed E-state index contributed by atoms with van der Waals surface area (Å²) in [5.41, 5.74) is 7.78. The van der Waals surface area contributed by atoms with E-state index in [0.29, 0.717) is 24.5 Å². The number of nitrogens with zero attached hydrogens (tertiary/aromatic N) is 2. The number of methoxy groups -OCH3 is 1. The van der Waals surface area contributed by atoms with Gasteiger partial charge in [-0.1, -0.05) is 36.4 Å². The van der Waals surface area contributed by atoms with Crippen molar-refractivity contribution in [2.45, 2.75) is 77.0 Å². The Morgan fingerprint density at radius 1 is 1.11 bits per heavy atom. The second-order valence-corrected chi connectivity index (χ2v) is 10.9. The third-order valence-electron chi connectivity index (χ3n) is 8.08. The predicted octanol–water partition coefficient (Wildman–Crippen LogP) is 5.85. The number of benzene rings is 2. The van der Waals surface area contributed by atoms with Gasteiger partial charge in [0.25, 0.3) is 5.91 Å². The minimum absolute atomic E-state index is 0.0333. The molecule has 6 heteroatoms. The van der Waals surface area contributed by atoms with E-state index in [1.807, 2.05) is 18.2 Å². The summed E-state index contributed by atoms with van der Waals surface area (Å²) in [6.45, 7) is 6.69. The van der Waals surface area contributed by atoms with E-state index in [1.165, 1.54) is 46.4 Å². The zero-order chi connectivity index (χ0) is 24.5. The van der Waals surface area contributed by atoms with Crippen LogP contribution in [0.15, 0.2) is 48.0 Å². The Morgan fingerprint density at radius 3 is 2.51 bits per heavy atom. The number of carbonyl (C=O) groups excluding carboxylic acids is 1. The highest BCUT2D eigenvalue weighted by atomic mass is 32.1. The molecule has 3 atom stereocenters. The third-order valence-corrected chi connectivity index (χ3v) is 8.95. The highest BCUT2D eigenvalue weighted by molar-refractivity contribution is 7.11. The summed E-state index contributed by atoms with van der Waals surface area (Å²) in [6.07, 6.45) is 5.11. The molecule has 0 radical (unpaired) electrons. The molecule has 3 aromatic rings. The lowest BCUT2D eigenvalue weighted by Gasteiger charge is -2.43. The highest BCUT2D eigenvalue weighted by Gasteiger charge is 2.43. The summed E-state index contributed by atoms with van der Waals surface area (Å²) >= 11 is 1.45. The zero-order valence-corrected chi connectivity index (χ0v) is 21.9. The lowest BCUT2D eigenvalue weighted by atomic mass is 9.91. The van der Waals surface area contributed by atoms with Crippen LogP contribution >= 0.6 is 11.3 Å². The Morgan fingerprint density at radius 2 is 1.83 bits per heavy atom. The molecule has 35 heavy (non-hydrogen) atoms. The largest absolute Gasteiger partial charge is 0.496 e. The number of aromatic nitrogens is 1. The summed E-state index contributed by atoms with van der Waals surface area (Å²) in [6, 6.07) is 16.1. The number of piperidine rings is 1. The first kappa shape index (κ1) is 24.0. The smallest absolute Gasteiger partial charge is 0.263 e. The van der Waals surface area contributed by atoms with Crippen LogP contribution in [0.1, 0.15) is 76.3 Å². The third kappa shape index (κ3) is 4.74. The first-order valence-corrected chi connectivity index (χ1v) is 13.5. The Bertz CT molecular complexity index is 1180. The van der Waals surface area contributed by atoms with Gasteiger partial charge in [0.15, 0.2) is 0 Å². The van der Waals surface area contributed by atoms with Gasteiger partial charge in [-0.15, -0.1) is 11.3 Å². The quantitative estimate of drug-likeness (QED) is 0.453. The summed E-state index contributed by atoms with van der Waals surface area (Å²) < 4.78 is 5.53. The minimum atomic E-state index is 0.0333. The molecule has 2 aromatic carbocycles. The second-order valence-electron chi connectivity index (χ2n) is 10.0. The van der Waals surface area contributed by atoms with E-state index in [2.05, 4.69) is 60.2 Å². The van der Waals surface area contributed by atoms with Gasteiger partial charge in [0.1, 0.15) is 10.6 Å². The van der Waals surface area contributed by atoms with E-state index in [9.17, 15) is 4.79 Å². The molecule has 2 saturated heterocycles. The molecule has 0 saturated carbocycles. The van der Waals surface area contributed by atoms with Crippen LogP contribution in [0.4, 0.5) is 0 Å². The molecule has 184 valence electrons. The average molecular weight is 490 g/mol. The van der Waals surface area contributed by atoms with E-state index in [0.717, 1.165) is 29.2 Å². The first-order valence-electron chi connectivity index (χ1n) is 12.6. The zero-order valence-electron chi connectivity index (χ0n) is 21.1. The Balaban J connectivity index is 1.26. The van der Waals surface area contributed by atoms with Crippen LogP contribution in [-0.4, -0.2) is 41.0 Å². The lowest BCUT2D eigenvalue weighted by Crippen LogP contribution is -2.51. The summed E-state index contributed by atoms with van der Waals surface area (Å²) in [7, 11) is 1.74. The monoisotopic (exact) mass is 489 g/mol. The summed E-state index contributed by atoms with van der Waals surface area (Å²) in [4.78, 5) is 21.2. The van der Waals surface area contributed by atoms with Crippen LogP contribution in [0, 0.1) is 13.8 Å². The number of nitrogens with one attached hydrogen (secondary N) is 1. The highest BCUT2D eigenvalue weighted by Crippen LogP contribution is 2.43. The van der Waals surface area contributed by atoms with Crippen molar-refractivity contribution < 1.29 is 9.53 Å². The number of hydrogen-bond donors (Lipinski definition) is 1. The molecule has 2 bridgehead atoms. The molecule has 1 amide bonds. The fourth-order valence-electron chi connectivity index (χ4n) is 6.23. The molecule has 0 spiro atoms. The molecule has 5 nitrogen and oxygen atoms in total. The molecule has 1 N–H and O–H groups in total. The molecule has 3 heterocycles. The van der Waals surface area contributed by atoms with Crippen molar-refractivity contribution in [3.63, 3.8) is 0 Å². The lowest BCUT2D eigenvalue weighted by molar-refractivity contribution is 0.0691. The molecule has 1 aromatic heterocycles. The van der Waals surface area contributed by atoms with E-state index in [-0.39, 0.29) is 11.9 Å². The molecule has 2 fully saturated rings. The minimum Gasteiger partial charge on any atom is -0.496 e. The molecule has 2 aliphatic heterocycles. The van der Waals surface area contributed by atoms with Gasteiger partial charge in [-0.25, -0.2) is 4.98 Å². The Hall–Kier alpha value is -2.70. The molecule has 2 aliphatic rings. The van der Waals surface area contributed by atoms with Crippen molar-refractivity contribution >= 4 is 17.2 Å². The van der Waals surface area contributed by atoms with Crippen LogP contribution in [0.25, 0.3) is 0 Å². The standard InChI is InChI=1S/C29H35N3O2S/c1-18-19(2)27(34-4)13-12-25(18)20(3)32-23-10-11-24(32)16-22(15-23)31-29(33)28-26(30-17-35-28)14-21-8-6-5-7-9-21/h5-9,12-13,17,20,22-24H,10-11,14-16H2,1-4H3,(H,31,33). The second kappa shape index (κ2) is 10.1. The normalized spacial score (nSPS) is 22.7. The van der Waals surface area contributed by atoms with Gasteiger partial charge in [-0.3, -0.25) is 9.69 Å². The fraction of sp³-hybridized carbons (Fsp3) is 0.448. The maximum Gasteiger partial charge on any atom is 0.263 e.